The first-order chi connectivity index (χ1) is 8.25. The summed E-state index contributed by atoms with van der Waals surface area (Å²) < 4.78 is 0. The first kappa shape index (κ1) is 12.0. The van der Waals surface area contributed by atoms with Crippen molar-refractivity contribution in [2.45, 2.75) is 12.2 Å². The lowest BCUT2D eigenvalue weighted by Crippen LogP contribution is -2.26. The van der Waals surface area contributed by atoms with Crippen molar-refractivity contribution in [2.75, 3.05) is 18.4 Å². The third-order valence-electron chi connectivity index (χ3n) is 2.34. The lowest BCUT2D eigenvalue weighted by Gasteiger charge is -2.11. The van der Waals surface area contributed by atoms with Crippen molar-refractivity contribution >= 4 is 28.5 Å². The smallest absolute Gasteiger partial charge is 0.237 e. The van der Waals surface area contributed by atoms with Gasteiger partial charge in [-0.15, -0.1) is 0 Å². The molecule has 2 rings (SSSR count). The lowest BCUT2D eigenvalue weighted by molar-refractivity contribution is -0.115. The molecule has 1 amide bonds. The summed E-state index contributed by atoms with van der Waals surface area (Å²) in [7, 11) is 0. The maximum Gasteiger partial charge on any atom is 0.237 e. The molecule has 0 fully saturated rings. The number of carbonyl (C=O) groups is 1. The number of para-hydroxylation sites is 1. The summed E-state index contributed by atoms with van der Waals surface area (Å²) >= 11 is 1.46. The molecule has 1 aliphatic heterocycles. The number of benzene rings is 1. The summed E-state index contributed by atoms with van der Waals surface area (Å²) in [5, 5.41) is 6.72. The summed E-state index contributed by atoms with van der Waals surface area (Å²) in [5.74, 6) is -0.00222. The number of nitrogens with zero attached hydrogens (tertiary/aromatic N) is 1. The average molecular weight is 249 g/mol. The van der Waals surface area contributed by atoms with Crippen LogP contribution in [-0.2, 0) is 4.79 Å². The summed E-state index contributed by atoms with van der Waals surface area (Å²) in [5.41, 5.74) is 0.825. The van der Waals surface area contributed by atoms with Gasteiger partial charge in [-0.2, -0.15) is 0 Å². The lowest BCUT2D eigenvalue weighted by atomic mass is 10.3. The molecular formula is C12H15N3OS. The number of hydrogen-bond acceptors (Lipinski definition) is 4. The maximum absolute atomic E-state index is 11.9. The highest BCUT2D eigenvalue weighted by atomic mass is 32.2. The van der Waals surface area contributed by atoms with E-state index in [1.807, 2.05) is 37.3 Å². The quantitative estimate of drug-likeness (QED) is 0.857. The van der Waals surface area contributed by atoms with Crippen LogP contribution in [0.5, 0.6) is 0 Å². The van der Waals surface area contributed by atoms with E-state index in [0.29, 0.717) is 0 Å². The standard InChI is InChI=1S/C12H15N3OS/c1-9(17-12-13-7-8-14-12)11(16)15-10-5-3-2-4-6-10/h2-6,9H,7-8H2,1H3,(H,13,14)(H,15,16). The molecule has 17 heavy (non-hydrogen) atoms. The molecule has 1 aromatic carbocycles. The van der Waals surface area contributed by atoms with E-state index < -0.39 is 0 Å². The van der Waals surface area contributed by atoms with Crippen LogP contribution in [-0.4, -0.2) is 29.4 Å². The summed E-state index contributed by atoms with van der Waals surface area (Å²) in [6.07, 6.45) is 0. The third kappa shape index (κ3) is 3.49. The van der Waals surface area contributed by atoms with Gasteiger partial charge in [0.15, 0.2) is 5.17 Å². The number of nitrogens with one attached hydrogen (secondary N) is 2. The van der Waals surface area contributed by atoms with E-state index >= 15 is 0 Å². The van der Waals surface area contributed by atoms with E-state index in [1.54, 1.807) is 0 Å². The zero-order valence-electron chi connectivity index (χ0n) is 9.64. The molecule has 1 heterocycles. The van der Waals surface area contributed by atoms with Gasteiger partial charge in [0.05, 0.1) is 11.8 Å². The molecule has 1 atom stereocenters. The number of thioether (sulfide) groups is 1. The first-order valence-corrected chi connectivity index (χ1v) is 6.44. The molecule has 0 saturated carbocycles. The van der Waals surface area contributed by atoms with E-state index in [9.17, 15) is 4.79 Å². The Hall–Kier alpha value is -1.49. The van der Waals surface area contributed by atoms with Gasteiger partial charge >= 0.3 is 0 Å². The van der Waals surface area contributed by atoms with E-state index in [0.717, 1.165) is 23.9 Å². The Bertz CT molecular complexity index is 419. The molecule has 5 heteroatoms. The highest BCUT2D eigenvalue weighted by Crippen LogP contribution is 2.16. The first-order valence-electron chi connectivity index (χ1n) is 5.56. The SMILES string of the molecule is CC(SC1=NCCN1)C(=O)Nc1ccccc1. The molecule has 0 saturated heterocycles. The molecule has 0 spiro atoms. The van der Waals surface area contributed by atoms with Crippen LogP contribution in [0.1, 0.15) is 6.92 Å². The van der Waals surface area contributed by atoms with Gasteiger partial charge < -0.3 is 10.6 Å². The second-order valence-corrected chi connectivity index (χ2v) is 5.06. The summed E-state index contributed by atoms with van der Waals surface area (Å²) in [6, 6.07) is 9.47. The van der Waals surface area contributed by atoms with Crippen LogP contribution in [0.3, 0.4) is 0 Å². The molecule has 1 aromatic rings. The third-order valence-corrected chi connectivity index (χ3v) is 3.41. The Morgan fingerprint density at radius 3 is 2.88 bits per heavy atom. The van der Waals surface area contributed by atoms with Gasteiger partial charge in [-0.05, 0) is 19.1 Å². The normalized spacial score (nSPS) is 15.9. The molecule has 0 bridgehead atoms. The molecular weight excluding hydrogens is 234 g/mol. The van der Waals surface area contributed by atoms with Crippen molar-refractivity contribution in [1.82, 2.24) is 5.32 Å². The number of aliphatic imine (C=N–C) groups is 1. The van der Waals surface area contributed by atoms with E-state index in [2.05, 4.69) is 15.6 Å². The van der Waals surface area contributed by atoms with Gasteiger partial charge in [-0.3, -0.25) is 9.79 Å². The number of carbonyl (C=O) groups excluding carboxylic acids is 1. The number of hydrogen-bond donors (Lipinski definition) is 2. The van der Waals surface area contributed by atoms with Crippen LogP contribution >= 0.6 is 11.8 Å². The van der Waals surface area contributed by atoms with Crippen molar-refractivity contribution < 1.29 is 4.79 Å². The van der Waals surface area contributed by atoms with Crippen molar-refractivity contribution in [1.29, 1.82) is 0 Å². The monoisotopic (exact) mass is 249 g/mol. The van der Waals surface area contributed by atoms with Crippen LogP contribution in [0.4, 0.5) is 5.69 Å². The molecule has 1 unspecified atom stereocenters. The van der Waals surface area contributed by atoms with Crippen molar-refractivity contribution in [3.05, 3.63) is 30.3 Å². The van der Waals surface area contributed by atoms with Crippen molar-refractivity contribution in [3.63, 3.8) is 0 Å². The number of anilines is 1. The molecule has 90 valence electrons. The number of rotatable bonds is 3. The second-order valence-electron chi connectivity index (χ2n) is 3.73. The molecule has 0 radical (unpaired) electrons. The number of amides is 1. The zero-order valence-corrected chi connectivity index (χ0v) is 10.5. The summed E-state index contributed by atoms with van der Waals surface area (Å²) in [6.45, 7) is 3.55. The van der Waals surface area contributed by atoms with Crippen LogP contribution in [0, 0.1) is 0 Å². The predicted octanol–water partition coefficient (Wildman–Crippen LogP) is 1.71. The van der Waals surface area contributed by atoms with Crippen molar-refractivity contribution in [3.8, 4) is 0 Å². The number of amidine groups is 1. The van der Waals surface area contributed by atoms with Crippen LogP contribution in [0.25, 0.3) is 0 Å². The topological polar surface area (TPSA) is 53.5 Å². The Labute approximate surface area is 105 Å². The van der Waals surface area contributed by atoms with Gasteiger partial charge in [0, 0.05) is 12.2 Å². The molecule has 4 nitrogen and oxygen atoms in total. The van der Waals surface area contributed by atoms with Gasteiger partial charge in [-0.25, -0.2) is 0 Å². The van der Waals surface area contributed by atoms with E-state index in [1.165, 1.54) is 11.8 Å². The Kier molecular flexibility index (Phi) is 4.03. The highest BCUT2D eigenvalue weighted by molar-refractivity contribution is 8.14. The van der Waals surface area contributed by atoms with Gasteiger partial charge in [-0.1, -0.05) is 30.0 Å². The van der Waals surface area contributed by atoms with E-state index in [4.69, 9.17) is 0 Å². The second kappa shape index (κ2) is 5.72. The highest BCUT2D eigenvalue weighted by Gasteiger charge is 2.17. The van der Waals surface area contributed by atoms with Crippen LogP contribution in [0.2, 0.25) is 0 Å². The average Bonchev–Trinajstić information content (AvgIpc) is 2.83. The molecule has 0 aromatic heterocycles. The van der Waals surface area contributed by atoms with Gasteiger partial charge in [0.25, 0.3) is 0 Å². The Morgan fingerprint density at radius 2 is 2.24 bits per heavy atom. The van der Waals surface area contributed by atoms with Gasteiger partial charge in [0.1, 0.15) is 0 Å². The van der Waals surface area contributed by atoms with Gasteiger partial charge in [0.2, 0.25) is 5.91 Å². The minimum absolute atomic E-state index is 0.00222. The predicted molar refractivity (Wildman–Crippen MR) is 72.4 cm³/mol. The largest absolute Gasteiger partial charge is 0.363 e. The fourth-order valence-corrected chi connectivity index (χ4v) is 2.29. The summed E-state index contributed by atoms with van der Waals surface area (Å²) in [4.78, 5) is 16.1. The Balaban J connectivity index is 1.87. The molecule has 1 aliphatic rings. The fourth-order valence-electron chi connectivity index (χ4n) is 1.44. The molecule has 0 aliphatic carbocycles. The van der Waals surface area contributed by atoms with E-state index in [-0.39, 0.29) is 11.2 Å². The zero-order chi connectivity index (χ0) is 12.1. The minimum atomic E-state index is -0.153. The Morgan fingerprint density at radius 1 is 1.47 bits per heavy atom. The van der Waals surface area contributed by atoms with Crippen LogP contribution in [0.15, 0.2) is 35.3 Å². The fraction of sp³-hybridized carbons (Fsp3) is 0.333. The minimum Gasteiger partial charge on any atom is -0.363 e. The molecule has 2 N–H and O–H groups in total. The maximum atomic E-state index is 11.9. The van der Waals surface area contributed by atoms with Crippen LogP contribution < -0.4 is 10.6 Å². The van der Waals surface area contributed by atoms with Crippen molar-refractivity contribution in [2.24, 2.45) is 4.99 Å².